The molecule has 10 nitrogen and oxygen atoms in total. The van der Waals surface area contributed by atoms with Crippen LogP contribution in [0.4, 0.5) is 5.95 Å². The van der Waals surface area contributed by atoms with Crippen molar-refractivity contribution in [2.24, 2.45) is 0 Å². The van der Waals surface area contributed by atoms with E-state index in [2.05, 4.69) is 20.1 Å². The minimum absolute atomic E-state index is 0.0829. The van der Waals surface area contributed by atoms with Crippen LogP contribution in [0.2, 0.25) is 0 Å². The zero-order valence-corrected chi connectivity index (χ0v) is 16.4. The fourth-order valence-corrected chi connectivity index (χ4v) is 3.32. The van der Waals surface area contributed by atoms with Gasteiger partial charge in [-0.05, 0) is 31.5 Å². The Bertz CT molecular complexity index is 1230. The Morgan fingerprint density at radius 1 is 1.23 bits per heavy atom. The van der Waals surface area contributed by atoms with E-state index in [-0.39, 0.29) is 12.1 Å². The molecule has 0 spiro atoms. The molecule has 0 saturated carbocycles. The fraction of sp³-hybridized carbons (Fsp3) is 0.300. The highest BCUT2D eigenvalue weighted by Crippen LogP contribution is 2.33. The molecule has 3 aromatic heterocycles. The van der Waals surface area contributed by atoms with Crippen molar-refractivity contribution in [2.45, 2.75) is 25.6 Å². The summed E-state index contributed by atoms with van der Waals surface area (Å²) >= 11 is 0. The maximum Gasteiger partial charge on any atom is 0.303 e. The van der Waals surface area contributed by atoms with Gasteiger partial charge in [0.2, 0.25) is 5.95 Å². The Kier molecular flexibility index (Phi) is 4.19. The topological polar surface area (TPSA) is 134 Å². The number of benzene rings is 1. The van der Waals surface area contributed by atoms with Crippen molar-refractivity contribution in [3.05, 3.63) is 53.5 Å². The van der Waals surface area contributed by atoms with Gasteiger partial charge in [-0.15, -0.1) is 0 Å². The number of nitrogens with two attached hydrogens (primary N) is 1. The third-order valence-electron chi connectivity index (χ3n) is 5.08. The lowest BCUT2D eigenvalue weighted by Crippen LogP contribution is -2.39. The van der Waals surface area contributed by atoms with E-state index in [1.807, 2.05) is 12.1 Å². The van der Waals surface area contributed by atoms with Gasteiger partial charge in [-0.3, -0.25) is 0 Å². The average Bonchev–Trinajstić information content (AvgIpc) is 3.27. The number of aromatic nitrogens is 5. The molecule has 1 atom stereocenters. The highest BCUT2D eigenvalue weighted by atomic mass is 16.6. The Morgan fingerprint density at radius 2 is 2.07 bits per heavy atom. The third kappa shape index (κ3) is 3.06. The van der Waals surface area contributed by atoms with Gasteiger partial charge >= 0.3 is 6.01 Å². The second-order valence-corrected chi connectivity index (χ2v) is 7.38. The summed E-state index contributed by atoms with van der Waals surface area (Å²) in [7, 11) is 0. The predicted molar refractivity (Wildman–Crippen MR) is 106 cm³/mol. The molecule has 0 bridgehead atoms. The van der Waals surface area contributed by atoms with Gasteiger partial charge in [0.15, 0.2) is 0 Å². The van der Waals surface area contributed by atoms with Crippen LogP contribution in [0.25, 0.3) is 16.9 Å². The van der Waals surface area contributed by atoms with Crippen LogP contribution in [0, 0.1) is 6.92 Å². The Labute approximate surface area is 171 Å². The van der Waals surface area contributed by atoms with Gasteiger partial charge in [-0.2, -0.15) is 9.97 Å². The molecule has 0 aliphatic carbocycles. The predicted octanol–water partition coefficient (Wildman–Crippen LogP) is 1.73. The second-order valence-electron chi connectivity index (χ2n) is 7.38. The standard InChI is InChI=1S/C20H20N6O4/c1-11-7-16(25-30-11)20(2,27)12-3-4-14-15(8-12)26(17-5-6-22-18(21)24-17)19(23-14)29-13-9-28-10-13/h3-8,13,27H,9-10H2,1-2H3,(H2,21,22,24)/t20-/m1/s1. The lowest BCUT2D eigenvalue weighted by Gasteiger charge is -2.26. The van der Waals surface area contributed by atoms with Crippen LogP contribution in [0.5, 0.6) is 6.01 Å². The quantitative estimate of drug-likeness (QED) is 0.506. The summed E-state index contributed by atoms with van der Waals surface area (Å²) in [6.07, 6.45) is 1.48. The van der Waals surface area contributed by atoms with Crippen LogP contribution in [-0.4, -0.2) is 49.1 Å². The van der Waals surface area contributed by atoms with E-state index in [0.717, 1.165) is 0 Å². The molecule has 0 amide bonds. The van der Waals surface area contributed by atoms with Gasteiger partial charge in [-0.1, -0.05) is 11.2 Å². The Hall–Kier alpha value is -3.50. The van der Waals surface area contributed by atoms with Gasteiger partial charge in [0, 0.05) is 18.3 Å². The summed E-state index contributed by atoms with van der Waals surface area (Å²) in [4.78, 5) is 12.9. The number of aryl methyl sites for hydroxylation is 1. The van der Waals surface area contributed by atoms with Crippen LogP contribution < -0.4 is 10.5 Å². The maximum atomic E-state index is 11.2. The van der Waals surface area contributed by atoms with Crippen molar-refractivity contribution in [1.29, 1.82) is 0 Å². The molecule has 1 fully saturated rings. The molecule has 5 rings (SSSR count). The van der Waals surface area contributed by atoms with Gasteiger partial charge in [0.05, 0.1) is 24.2 Å². The zero-order valence-electron chi connectivity index (χ0n) is 16.4. The Balaban J connectivity index is 1.67. The summed E-state index contributed by atoms with van der Waals surface area (Å²) in [6, 6.07) is 9.23. The number of ether oxygens (including phenoxy) is 2. The molecule has 4 heterocycles. The van der Waals surface area contributed by atoms with Gasteiger partial charge < -0.3 is 24.8 Å². The number of fused-ring (bicyclic) bond motifs is 1. The number of hydrogen-bond donors (Lipinski definition) is 2. The molecule has 1 saturated heterocycles. The molecule has 1 aliphatic rings. The summed E-state index contributed by atoms with van der Waals surface area (Å²) in [5.41, 5.74) is 6.84. The molecule has 154 valence electrons. The number of anilines is 1. The monoisotopic (exact) mass is 408 g/mol. The average molecular weight is 408 g/mol. The van der Waals surface area contributed by atoms with E-state index in [1.165, 1.54) is 0 Å². The summed E-state index contributed by atoms with van der Waals surface area (Å²) < 4.78 is 18.1. The van der Waals surface area contributed by atoms with E-state index in [4.69, 9.17) is 19.7 Å². The number of nitrogens with zero attached hydrogens (tertiary/aromatic N) is 5. The molecule has 3 N–H and O–H groups in total. The lowest BCUT2D eigenvalue weighted by atomic mass is 9.92. The fourth-order valence-electron chi connectivity index (χ4n) is 3.32. The van der Waals surface area contributed by atoms with Crippen molar-refractivity contribution < 1.29 is 19.1 Å². The second kappa shape index (κ2) is 6.78. The minimum atomic E-state index is -1.37. The highest BCUT2D eigenvalue weighted by Gasteiger charge is 2.31. The minimum Gasteiger partial charge on any atom is -0.456 e. The molecule has 1 aromatic carbocycles. The van der Waals surface area contributed by atoms with Crippen molar-refractivity contribution in [3.63, 3.8) is 0 Å². The van der Waals surface area contributed by atoms with Gasteiger partial charge in [0.25, 0.3) is 0 Å². The lowest BCUT2D eigenvalue weighted by molar-refractivity contribution is -0.0835. The first-order chi connectivity index (χ1) is 14.4. The van der Waals surface area contributed by atoms with Crippen LogP contribution in [0.3, 0.4) is 0 Å². The van der Waals surface area contributed by atoms with E-state index >= 15 is 0 Å². The Morgan fingerprint density at radius 3 is 2.73 bits per heavy atom. The van der Waals surface area contributed by atoms with Crippen LogP contribution in [-0.2, 0) is 10.3 Å². The first-order valence-corrected chi connectivity index (χ1v) is 9.44. The number of imidazole rings is 1. The van der Waals surface area contributed by atoms with Crippen molar-refractivity contribution in [3.8, 4) is 11.8 Å². The normalized spacial score (nSPS) is 16.4. The zero-order chi connectivity index (χ0) is 20.9. The van der Waals surface area contributed by atoms with Crippen molar-refractivity contribution >= 4 is 17.0 Å². The van der Waals surface area contributed by atoms with E-state index in [9.17, 15) is 5.11 Å². The molecule has 30 heavy (non-hydrogen) atoms. The largest absolute Gasteiger partial charge is 0.456 e. The molecule has 0 unspecified atom stereocenters. The number of hydrogen-bond acceptors (Lipinski definition) is 9. The molecular weight excluding hydrogens is 388 g/mol. The van der Waals surface area contributed by atoms with Crippen LogP contribution >= 0.6 is 0 Å². The molecule has 4 aromatic rings. The third-order valence-corrected chi connectivity index (χ3v) is 5.08. The summed E-state index contributed by atoms with van der Waals surface area (Å²) in [6.45, 7) is 4.44. The SMILES string of the molecule is Cc1cc([C@](C)(O)c2ccc3nc(OC4COC4)n(-c4ccnc(N)n4)c3c2)no1. The van der Waals surface area contributed by atoms with Crippen LogP contribution in [0.15, 0.2) is 41.1 Å². The van der Waals surface area contributed by atoms with E-state index < -0.39 is 5.60 Å². The summed E-state index contributed by atoms with van der Waals surface area (Å²) in [5.74, 6) is 1.26. The number of aliphatic hydroxyl groups is 1. The highest BCUT2D eigenvalue weighted by molar-refractivity contribution is 5.80. The molecular formula is C20H20N6O4. The van der Waals surface area contributed by atoms with E-state index in [0.29, 0.717) is 53.1 Å². The van der Waals surface area contributed by atoms with Gasteiger partial charge in [-0.25, -0.2) is 9.55 Å². The first kappa shape index (κ1) is 18.5. The van der Waals surface area contributed by atoms with E-state index in [1.54, 1.807) is 42.8 Å². The maximum absolute atomic E-state index is 11.2. The van der Waals surface area contributed by atoms with Crippen molar-refractivity contribution in [1.82, 2.24) is 24.7 Å². The smallest absolute Gasteiger partial charge is 0.303 e. The number of nitrogen functional groups attached to an aromatic ring is 1. The number of rotatable bonds is 5. The van der Waals surface area contributed by atoms with Crippen molar-refractivity contribution in [2.75, 3.05) is 18.9 Å². The molecule has 10 heteroatoms. The van der Waals surface area contributed by atoms with Crippen LogP contribution in [0.1, 0.15) is 23.9 Å². The molecule has 1 aliphatic heterocycles. The molecule has 0 radical (unpaired) electrons. The van der Waals surface area contributed by atoms with Gasteiger partial charge in [0.1, 0.15) is 29.0 Å². The first-order valence-electron chi connectivity index (χ1n) is 9.44. The summed E-state index contributed by atoms with van der Waals surface area (Å²) in [5, 5.41) is 15.2.